The first kappa shape index (κ1) is 10.8. The molecule has 0 atom stereocenters. The van der Waals surface area contributed by atoms with Crippen LogP contribution in [0.2, 0.25) is 0 Å². The number of Topliss-reactive ketones (excluding diaryl/α,β-unsaturated/α-hetero) is 1. The molecule has 1 aromatic rings. The van der Waals surface area contributed by atoms with Gasteiger partial charge in [-0.05, 0) is 19.1 Å². The Bertz CT molecular complexity index is 279. The SMILES string of the molecule is CC(=O)c1ccc(Br)cc1.N#N. The normalized spacial score (nSPS) is 8.00. The van der Waals surface area contributed by atoms with E-state index in [1.165, 1.54) is 0 Å². The van der Waals surface area contributed by atoms with E-state index in [9.17, 15) is 4.79 Å². The number of benzene rings is 1. The van der Waals surface area contributed by atoms with E-state index in [1.54, 1.807) is 19.1 Å². The monoisotopic (exact) mass is 226 g/mol. The van der Waals surface area contributed by atoms with Crippen LogP contribution in [-0.4, -0.2) is 5.78 Å². The minimum Gasteiger partial charge on any atom is -0.295 e. The fourth-order valence-corrected chi connectivity index (χ4v) is 0.949. The topological polar surface area (TPSA) is 64.7 Å². The molecular weight excluding hydrogens is 220 g/mol. The zero-order valence-electron chi connectivity index (χ0n) is 6.49. The standard InChI is InChI=1S/C8H7BrO.N2/c1-6(10)7-2-4-8(9)5-3-7;1-2/h2-5H,1H3;. The Labute approximate surface area is 78.9 Å². The number of rotatable bonds is 1. The summed E-state index contributed by atoms with van der Waals surface area (Å²) in [5, 5.41) is 12.0. The lowest BCUT2D eigenvalue weighted by Crippen LogP contribution is -1.89. The number of carbonyl (C=O) groups excluding carboxylic acids is 1. The fourth-order valence-electron chi connectivity index (χ4n) is 0.685. The molecule has 0 aromatic heterocycles. The van der Waals surface area contributed by atoms with Crippen LogP contribution in [0.3, 0.4) is 0 Å². The van der Waals surface area contributed by atoms with Gasteiger partial charge in [-0.25, -0.2) is 0 Å². The van der Waals surface area contributed by atoms with Crippen molar-refractivity contribution in [2.45, 2.75) is 6.92 Å². The van der Waals surface area contributed by atoms with Crippen molar-refractivity contribution in [1.82, 2.24) is 0 Å². The first-order chi connectivity index (χ1) is 5.70. The second kappa shape index (κ2) is 5.44. The second-order valence-corrected chi connectivity index (χ2v) is 2.98. The van der Waals surface area contributed by atoms with E-state index in [2.05, 4.69) is 15.9 Å². The number of halogens is 1. The molecular formula is C8H7BrN2O. The maximum atomic E-state index is 10.7. The molecule has 4 heteroatoms. The Morgan fingerprint density at radius 1 is 1.25 bits per heavy atom. The maximum Gasteiger partial charge on any atom is 0.159 e. The summed E-state index contributed by atoms with van der Waals surface area (Å²) in [7, 11) is 0. The van der Waals surface area contributed by atoms with Crippen LogP contribution in [0.1, 0.15) is 17.3 Å². The van der Waals surface area contributed by atoms with Crippen LogP contribution >= 0.6 is 15.9 Å². The quantitative estimate of drug-likeness (QED) is 0.547. The summed E-state index contributed by atoms with van der Waals surface area (Å²) in [6.07, 6.45) is 0. The Balaban J connectivity index is 0.000000561. The zero-order chi connectivity index (χ0) is 9.56. The maximum absolute atomic E-state index is 10.7. The number of ketones is 1. The predicted octanol–water partition coefficient (Wildman–Crippen LogP) is 2.68. The summed E-state index contributed by atoms with van der Waals surface area (Å²) in [4.78, 5) is 10.7. The third-order valence-corrected chi connectivity index (χ3v) is 1.78. The van der Waals surface area contributed by atoms with Gasteiger partial charge in [-0.15, -0.1) is 0 Å². The smallest absolute Gasteiger partial charge is 0.159 e. The van der Waals surface area contributed by atoms with Crippen LogP contribution < -0.4 is 0 Å². The fraction of sp³-hybridized carbons (Fsp3) is 0.125. The van der Waals surface area contributed by atoms with Crippen LogP contribution in [0.15, 0.2) is 28.7 Å². The molecule has 62 valence electrons. The van der Waals surface area contributed by atoms with Crippen LogP contribution in [0.5, 0.6) is 0 Å². The molecule has 0 aliphatic heterocycles. The minimum absolute atomic E-state index is 0.104. The molecule has 0 unspecified atom stereocenters. The molecule has 0 aliphatic carbocycles. The molecule has 0 fully saturated rings. The Hall–Kier alpha value is -1.21. The van der Waals surface area contributed by atoms with Gasteiger partial charge < -0.3 is 0 Å². The number of nitrogens with zero attached hydrogens (tertiary/aromatic N) is 2. The molecule has 0 bridgehead atoms. The Morgan fingerprint density at radius 2 is 1.67 bits per heavy atom. The van der Waals surface area contributed by atoms with Crippen molar-refractivity contribution in [2.75, 3.05) is 0 Å². The first-order valence-corrected chi connectivity index (χ1v) is 3.96. The molecule has 0 radical (unpaired) electrons. The Morgan fingerprint density at radius 3 is 2.00 bits per heavy atom. The third-order valence-electron chi connectivity index (χ3n) is 1.25. The molecule has 3 nitrogen and oxygen atoms in total. The van der Waals surface area contributed by atoms with E-state index in [0.717, 1.165) is 10.0 Å². The van der Waals surface area contributed by atoms with Crippen LogP contribution in [-0.2, 0) is 0 Å². The highest BCUT2D eigenvalue weighted by molar-refractivity contribution is 9.10. The van der Waals surface area contributed by atoms with Gasteiger partial charge in [-0.1, -0.05) is 28.1 Å². The van der Waals surface area contributed by atoms with Crippen molar-refractivity contribution in [3.05, 3.63) is 34.3 Å². The van der Waals surface area contributed by atoms with Gasteiger partial charge in [0, 0.05) is 20.8 Å². The first-order valence-electron chi connectivity index (χ1n) is 3.16. The van der Waals surface area contributed by atoms with Gasteiger partial charge in [-0.3, -0.25) is 4.79 Å². The number of carbonyl (C=O) groups is 1. The molecule has 0 saturated carbocycles. The molecule has 0 N–H and O–H groups in total. The predicted molar refractivity (Wildman–Crippen MR) is 47.6 cm³/mol. The van der Waals surface area contributed by atoms with Gasteiger partial charge >= 0.3 is 0 Å². The van der Waals surface area contributed by atoms with Crippen LogP contribution in [0.4, 0.5) is 0 Å². The molecule has 0 amide bonds. The van der Waals surface area contributed by atoms with Crippen molar-refractivity contribution < 1.29 is 4.79 Å². The van der Waals surface area contributed by atoms with Crippen molar-refractivity contribution in [2.24, 2.45) is 0 Å². The van der Waals surface area contributed by atoms with Gasteiger partial charge in [0.2, 0.25) is 0 Å². The third kappa shape index (κ3) is 3.26. The lowest BCUT2D eigenvalue weighted by molar-refractivity contribution is 0.101. The summed E-state index contributed by atoms with van der Waals surface area (Å²) >= 11 is 3.28. The summed E-state index contributed by atoms with van der Waals surface area (Å²) in [5.41, 5.74) is 0.753. The van der Waals surface area contributed by atoms with Gasteiger partial charge in [0.15, 0.2) is 5.78 Å². The second-order valence-electron chi connectivity index (χ2n) is 2.06. The molecule has 0 spiro atoms. The highest BCUT2D eigenvalue weighted by Gasteiger charge is 1.95. The Kier molecular flexibility index (Phi) is 4.89. The van der Waals surface area contributed by atoms with E-state index in [4.69, 9.17) is 10.8 Å². The zero-order valence-corrected chi connectivity index (χ0v) is 8.08. The van der Waals surface area contributed by atoms with E-state index in [-0.39, 0.29) is 5.78 Å². The van der Waals surface area contributed by atoms with E-state index in [0.29, 0.717) is 0 Å². The van der Waals surface area contributed by atoms with Gasteiger partial charge in [0.05, 0.1) is 0 Å². The molecule has 0 heterocycles. The van der Waals surface area contributed by atoms with E-state index < -0.39 is 0 Å². The molecule has 0 saturated heterocycles. The average molecular weight is 227 g/mol. The van der Waals surface area contributed by atoms with Crippen molar-refractivity contribution in [3.8, 4) is 0 Å². The molecule has 1 aromatic carbocycles. The van der Waals surface area contributed by atoms with Crippen molar-refractivity contribution >= 4 is 21.7 Å². The highest BCUT2D eigenvalue weighted by Crippen LogP contribution is 2.10. The minimum atomic E-state index is 0.104. The number of hydrogen-bond donors (Lipinski definition) is 0. The number of hydrogen-bond acceptors (Lipinski definition) is 3. The van der Waals surface area contributed by atoms with Gasteiger partial charge in [0.1, 0.15) is 0 Å². The van der Waals surface area contributed by atoms with Crippen LogP contribution in [0, 0.1) is 10.8 Å². The lowest BCUT2D eigenvalue weighted by Gasteiger charge is -1.92. The summed E-state index contributed by atoms with van der Waals surface area (Å²) < 4.78 is 0.998. The largest absolute Gasteiger partial charge is 0.295 e. The van der Waals surface area contributed by atoms with Crippen molar-refractivity contribution in [3.63, 3.8) is 0 Å². The van der Waals surface area contributed by atoms with Crippen LogP contribution in [0.25, 0.3) is 0 Å². The summed E-state index contributed by atoms with van der Waals surface area (Å²) in [6, 6.07) is 7.31. The summed E-state index contributed by atoms with van der Waals surface area (Å²) in [6.45, 7) is 1.56. The highest BCUT2D eigenvalue weighted by atomic mass is 79.9. The van der Waals surface area contributed by atoms with Crippen molar-refractivity contribution in [1.29, 1.82) is 10.8 Å². The lowest BCUT2D eigenvalue weighted by atomic mass is 10.2. The molecule has 12 heavy (non-hydrogen) atoms. The van der Waals surface area contributed by atoms with Gasteiger partial charge in [-0.2, -0.15) is 0 Å². The van der Waals surface area contributed by atoms with E-state index in [1.807, 2.05) is 12.1 Å². The average Bonchev–Trinajstić information content (AvgIpc) is 2.09. The molecule has 0 aliphatic rings. The van der Waals surface area contributed by atoms with E-state index >= 15 is 0 Å². The molecule has 1 rings (SSSR count). The summed E-state index contributed by atoms with van der Waals surface area (Å²) in [5.74, 6) is 0.104. The van der Waals surface area contributed by atoms with Gasteiger partial charge in [0.25, 0.3) is 0 Å².